The number of likely N-dealkylation sites (N-methyl/N-ethyl adjacent to an activating group) is 2. The molecule has 1 aromatic rings. The van der Waals surface area contributed by atoms with Crippen LogP contribution in [-0.4, -0.2) is 120 Å². The molecule has 1 aliphatic heterocycles. The Balaban J connectivity index is 2.44. The predicted octanol–water partition coefficient (Wildman–Crippen LogP) is 2.31. The molecule has 1 saturated heterocycles. The van der Waals surface area contributed by atoms with Crippen LogP contribution >= 0.6 is 8.25 Å². The lowest BCUT2D eigenvalue weighted by Crippen LogP contribution is -2.59. The summed E-state index contributed by atoms with van der Waals surface area (Å²) >= 11 is 0. The Kier molecular flexibility index (Phi) is 20.4. The number of nitrogens with zero attached hydrogens (tertiary/aromatic N) is 2. The summed E-state index contributed by atoms with van der Waals surface area (Å²) in [7, 11) is 1.09. The third-order valence-electron chi connectivity index (χ3n) is 11.0. The molecule has 320 valence electrons. The van der Waals surface area contributed by atoms with Crippen molar-refractivity contribution in [3.8, 4) is 0 Å². The number of hydrogen-bond donors (Lipinski definition) is 4. The molecule has 57 heavy (non-hydrogen) atoms. The Bertz CT molecular complexity index is 1560. The predicted molar refractivity (Wildman–Crippen MR) is 214 cm³/mol. The van der Waals surface area contributed by atoms with E-state index >= 15 is 0 Å². The lowest BCUT2D eigenvalue weighted by Gasteiger charge is -2.40. The Morgan fingerprint density at radius 1 is 0.982 bits per heavy atom. The summed E-state index contributed by atoms with van der Waals surface area (Å²) in [5.41, 5.74) is 0.757. The number of carbonyl (C=O) groups is 7. The number of nitrogens with one attached hydrogen (secondary N) is 3. The van der Waals surface area contributed by atoms with E-state index in [0.29, 0.717) is 19.3 Å². The van der Waals surface area contributed by atoms with Crippen molar-refractivity contribution >= 4 is 49.7 Å². The maximum atomic E-state index is 14.3. The monoisotopic (exact) mass is 821 g/mol. The Hall–Kier alpha value is -3.82. The zero-order valence-corrected chi connectivity index (χ0v) is 36.0. The number of hydrogen-bond acceptors (Lipinski definition) is 11. The van der Waals surface area contributed by atoms with E-state index < -0.39 is 98.2 Å². The van der Waals surface area contributed by atoms with Gasteiger partial charge in [0.2, 0.25) is 29.4 Å². The number of rotatable bonds is 24. The molecule has 1 aromatic carbocycles. The summed E-state index contributed by atoms with van der Waals surface area (Å²) in [5, 5.41) is 8.50. The maximum Gasteiger partial charge on any atom is 0.318 e. The van der Waals surface area contributed by atoms with Gasteiger partial charge in [-0.3, -0.25) is 42.7 Å². The van der Waals surface area contributed by atoms with Gasteiger partial charge in [-0.15, -0.1) is 0 Å². The molecule has 0 aliphatic carbocycles. The quantitative estimate of drug-likeness (QED) is 0.0389. The first-order valence-electron chi connectivity index (χ1n) is 19.7. The van der Waals surface area contributed by atoms with E-state index in [1.54, 1.807) is 59.0 Å². The SMILES string of the molecule is CCC(C)[C@@H]([C@@H](CC(=O)N1CCC[C@H]1[C@H](OC)[C@H](C)C(=O)NC(Cc1ccccc1)O[PH](=O)O)C(=O)C(=O)C=O)N(C)C(=O)[C@@H](NC(=O)[C@@H](NC)C(C)C)C(C)C. The molecule has 0 spiro atoms. The lowest BCUT2D eigenvalue weighted by atomic mass is 9.80. The highest BCUT2D eigenvalue weighted by Crippen LogP contribution is 2.32. The zero-order chi connectivity index (χ0) is 43.1. The average Bonchev–Trinajstić information content (AvgIpc) is 3.65. The van der Waals surface area contributed by atoms with Crippen molar-refractivity contribution < 1.29 is 52.3 Å². The number of carbonyl (C=O) groups excluding carboxylic acids is 7. The van der Waals surface area contributed by atoms with Gasteiger partial charge in [-0.1, -0.05) is 85.2 Å². The second kappa shape index (κ2) is 23.6. The molecule has 1 fully saturated rings. The van der Waals surface area contributed by atoms with Crippen molar-refractivity contribution in [3.05, 3.63) is 35.9 Å². The molecule has 3 unspecified atom stereocenters. The van der Waals surface area contributed by atoms with E-state index in [1.807, 2.05) is 26.8 Å². The van der Waals surface area contributed by atoms with Gasteiger partial charge in [0, 0.05) is 39.6 Å². The van der Waals surface area contributed by atoms with Gasteiger partial charge in [0.1, 0.15) is 12.3 Å². The smallest absolute Gasteiger partial charge is 0.318 e. The van der Waals surface area contributed by atoms with Crippen LogP contribution in [0.1, 0.15) is 79.7 Å². The largest absolute Gasteiger partial charge is 0.378 e. The number of likely N-dealkylation sites (tertiary alicyclic amines) is 1. The summed E-state index contributed by atoms with van der Waals surface area (Å²) < 4.78 is 22.6. The van der Waals surface area contributed by atoms with Crippen molar-refractivity contribution in [2.75, 3.05) is 27.7 Å². The highest BCUT2D eigenvalue weighted by atomic mass is 31.1. The summed E-state index contributed by atoms with van der Waals surface area (Å²) in [5.74, 6) is -7.62. The van der Waals surface area contributed by atoms with Gasteiger partial charge in [0.25, 0.3) is 5.78 Å². The van der Waals surface area contributed by atoms with Crippen molar-refractivity contribution in [2.45, 2.75) is 117 Å². The lowest BCUT2D eigenvalue weighted by molar-refractivity contribution is -0.150. The number of ether oxygens (including phenoxy) is 1. The molecular formula is C40H64N5O11P. The number of amides is 4. The summed E-state index contributed by atoms with van der Waals surface area (Å²) in [6, 6.07) is 5.71. The number of aldehydes is 1. The molecule has 0 saturated carbocycles. The van der Waals surface area contributed by atoms with Gasteiger partial charge in [-0.25, -0.2) is 0 Å². The first-order valence-corrected chi connectivity index (χ1v) is 20.9. The van der Waals surface area contributed by atoms with Crippen LogP contribution in [0.15, 0.2) is 30.3 Å². The van der Waals surface area contributed by atoms with Gasteiger partial charge >= 0.3 is 8.25 Å². The molecular weight excluding hydrogens is 757 g/mol. The van der Waals surface area contributed by atoms with Gasteiger partial charge in [-0.2, -0.15) is 0 Å². The number of benzene rings is 1. The maximum absolute atomic E-state index is 14.3. The van der Waals surface area contributed by atoms with Crippen LogP contribution in [-0.2, 0) is 53.8 Å². The molecule has 1 heterocycles. The summed E-state index contributed by atoms with van der Waals surface area (Å²) in [4.78, 5) is 106. The molecule has 17 heteroatoms. The highest BCUT2D eigenvalue weighted by molar-refractivity contribution is 7.32. The standard InChI is InChI=1S/C40H64N5O11P/c1-11-25(6)35(44(9)40(52)34(24(4)5)43-39(51)33(41-8)23(2)3)28(36(49)30(47)22-46)21-32(48)45-19-15-18-29(45)37(55-10)26(7)38(50)42-31(56-57(53)54)20-27-16-13-12-14-17-27/h12-14,16-17,22-26,28-29,31,33-35,37,41,57H,11,15,18-21H2,1-10H3,(H,42,50)(H,43,51)(H,53,54)/t25?,26-,28+,29-,31?,33-,34-,35-,37+/m0/s1. The van der Waals surface area contributed by atoms with Crippen LogP contribution in [0.5, 0.6) is 0 Å². The van der Waals surface area contributed by atoms with Gasteiger partial charge in [0.15, 0.2) is 6.29 Å². The minimum absolute atomic E-state index is 0.0835. The highest BCUT2D eigenvalue weighted by Gasteiger charge is 2.45. The molecule has 1 aliphatic rings. The Morgan fingerprint density at radius 2 is 1.60 bits per heavy atom. The second-order valence-corrected chi connectivity index (χ2v) is 16.3. The molecule has 0 aromatic heterocycles. The van der Waals surface area contributed by atoms with Gasteiger partial charge in [0.05, 0.1) is 30.0 Å². The van der Waals surface area contributed by atoms with E-state index in [0.717, 1.165) is 5.56 Å². The average molecular weight is 822 g/mol. The molecule has 16 nitrogen and oxygen atoms in total. The van der Waals surface area contributed by atoms with Crippen LogP contribution in [0, 0.1) is 29.6 Å². The van der Waals surface area contributed by atoms with Crippen molar-refractivity contribution in [1.82, 2.24) is 25.8 Å². The van der Waals surface area contributed by atoms with E-state index in [2.05, 4.69) is 16.0 Å². The van der Waals surface area contributed by atoms with E-state index in [1.165, 1.54) is 24.0 Å². The van der Waals surface area contributed by atoms with Crippen LogP contribution in [0.4, 0.5) is 0 Å². The number of methoxy groups -OCH3 is 1. The minimum atomic E-state index is -3.43. The normalized spacial score (nSPS) is 19.0. The second-order valence-electron chi connectivity index (χ2n) is 15.6. The van der Waals surface area contributed by atoms with Crippen molar-refractivity contribution in [1.29, 1.82) is 0 Å². The Labute approximate surface area is 337 Å². The topological polar surface area (TPSA) is 218 Å². The van der Waals surface area contributed by atoms with Crippen molar-refractivity contribution in [2.24, 2.45) is 29.6 Å². The molecule has 10 atom stereocenters. The molecule has 2 rings (SSSR count). The first-order chi connectivity index (χ1) is 26.8. The van der Waals surface area contributed by atoms with Crippen LogP contribution < -0.4 is 16.0 Å². The molecule has 4 N–H and O–H groups in total. The van der Waals surface area contributed by atoms with E-state index in [-0.39, 0.29) is 37.0 Å². The van der Waals surface area contributed by atoms with Crippen LogP contribution in [0.2, 0.25) is 0 Å². The van der Waals surface area contributed by atoms with Gasteiger partial charge < -0.3 is 35.4 Å². The molecule has 0 radical (unpaired) electrons. The summed E-state index contributed by atoms with van der Waals surface area (Å²) in [6.07, 6.45) is -1.07. The molecule has 0 bridgehead atoms. The minimum Gasteiger partial charge on any atom is -0.378 e. The van der Waals surface area contributed by atoms with E-state index in [4.69, 9.17) is 9.26 Å². The molecule has 4 amide bonds. The fraction of sp³-hybridized carbons (Fsp3) is 0.675. The van der Waals surface area contributed by atoms with Crippen LogP contribution in [0.3, 0.4) is 0 Å². The first kappa shape index (κ1) is 49.3. The fourth-order valence-electron chi connectivity index (χ4n) is 7.74. The number of Topliss-reactive ketones (excluding diaryl/α,β-unsaturated/α-hetero) is 2. The van der Waals surface area contributed by atoms with Crippen molar-refractivity contribution in [3.63, 3.8) is 0 Å². The Morgan fingerprint density at radius 3 is 2.11 bits per heavy atom. The third-order valence-corrected chi connectivity index (χ3v) is 11.5. The van der Waals surface area contributed by atoms with Gasteiger partial charge in [-0.05, 0) is 43.2 Å². The third kappa shape index (κ3) is 13.6. The number of ketones is 2. The summed E-state index contributed by atoms with van der Waals surface area (Å²) in [6.45, 7) is 12.7. The zero-order valence-electron chi connectivity index (χ0n) is 35.0. The van der Waals surface area contributed by atoms with E-state index in [9.17, 15) is 43.0 Å². The van der Waals surface area contributed by atoms with Crippen LogP contribution in [0.25, 0.3) is 0 Å². The fourth-order valence-corrected chi connectivity index (χ4v) is 8.13.